The molecule has 1 heterocycles. The smallest absolute Gasteiger partial charge is 0.365 e. The predicted octanol–water partition coefficient (Wildman–Crippen LogP) is 3.60. The second-order valence-corrected chi connectivity index (χ2v) is 7.27. The van der Waals surface area contributed by atoms with Crippen LogP contribution in [-0.2, 0) is 11.4 Å². The Labute approximate surface area is 188 Å². The van der Waals surface area contributed by atoms with Gasteiger partial charge in [0.15, 0.2) is 5.84 Å². The maximum absolute atomic E-state index is 12.3. The number of amidine groups is 1. The maximum Gasteiger partial charge on any atom is 0.365 e. The molecule has 0 saturated heterocycles. The highest BCUT2D eigenvalue weighted by Gasteiger charge is 2.21. The van der Waals surface area contributed by atoms with E-state index in [-0.39, 0.29) is 17.1 Å². The van der Waals surface area contributed by atoms with E-state index in [0.717, 1.165) is 5.56 Å². The van der Waals surface area contributed by atoms with E-state index in [1.54, 1.807) is 61.0 Å². The van der Waals surface area contributed by atoms with Crippen molar-refractivity contribution < 1.29 is 19.3 Å². The van der Waals surface area contributed by atoms with Crippen LogP contribution in [0.1, 0.15) is 32.9 Å². The Kier molecular flexibility index (Phi) is 6.74. The minimum Gasteiger partial charge on any atom is -0.496 e. The number of nitro groups is 1. The first-order valence-electron chi connectivity index (χ1n) is 9.37. The van der Waals surface area contributed by atoms with Gasteiger partial charge in [0.05, 0.1) is 29.7 Å². The molecule has 3 rings (SSSR count). The average Bonchev–Trinajstić information content (AvgIpc) is 3.05. The highest BCUT2D eigenvalue weighted by Crippen LogP contribution is 2.23. The van der Waals surface area contributed by atoms with Gasteiger partial charge in [-0.05, 0) is 49.7 Å². The number of hydrogen-bond donors (Lipinski definition) is 1. The van der Waals surface area contributed by atoms with Crippen molar-refractivity contribution in [1.29, 1.82) is 0 Å². The molecule has 0 saturated carbocycles. The van der Waals surface area contributed by atoms with E-state index >= 15 is 0 Å². The zero-order chi connectivity index (χ0) is 23.4. The van der Waals surface area contributed by atoms with Gasteiger partial charge in [-0.25, -0.2) is 4.79 Å². The SMILES string of the molecule is COc1ccc(Cl)cc1/C(N)=N/OC(=O)c1ccc(Cn2nc(C)c([N+](=O)[O-])c2C)cc1. The maximum atomic E-state index is 12.3. The van der Waals surface area contributed by atoms with E-state index in [2.05, 4.69) is 10.3 Å². The standard InChI is InChI=1S/C21H20ClN5O5/c1-12-19(27(29)30)13(2)26(24-12)11-14-4-6-15(7-5-14)21(28)32-25-20(23)17-10-16(22)8-9-18(17)31-3/h4-10H,11H2,1-3H3,(H2,23,25). The molecule has 0 radical (unpaired) electrons. The number of aryl methyl sites for hydroxylation is 1. The Morgan fingerprint density at radius 3 is 2.53 bits per heavy atom. The quantitative estimate of drug-likeness (QED) is 0.188. The number of rotatable bonds is 7. The molecule has 3 aromatic rings. The molecule has 1 aromatic heterocycles. The van der Waals surface area contributed by atoms with Gasteiger partial charge in [-0.2, -0.15) is 5.10 Å². The fraction of sp³-hybridized carbons (Fsp3) is 0.190. The van der Waals surface area contributed by atoms with Crippen molar-refractivity contribution in [2.75, 3.05) is 7.11 Å². The number of hydrogen-bond acceptors (Lipinski definition) is 7. The van der Waals surface area contributed by atoms with Crippen molar-refractivity contribution in [3.63, 3.8) is 0 Å². The van der Waals surface area contributed by atoms with Crippen molar-refractivity contribution in [3.05, 3.63) is 85.7 Å². The summed E-state index contributed by atoms with van der Waals surface area (Å²) >= 11 is 5.97. The van der Waals surface area contributed by atoms with Crippen molar-refractivity contribution in [3.8, 4) is 5.75 Å². The molecular weight excluding hydrogens is 438 g/mol. The van der Waals surface area contributed by atoms with Crippen LogP contribution in [0, 0.1) is 24.0 Å². The number of aromatic nitrogens is 2. The van der Waals surface area contributed by atoms with E-state index in [4.69, 9.17) is 26.9 Å². The van der Waals surface area contributed by atoms with Gasteiger partial charge >= 0.3 is 11.7 Å². The molecule has 0 atom stereocenters. The molecule has 0 aliphatic carbocycles. The van der Waals surface area contributed by atoms with E-state index in [1.165, 1.54) is 7.11 Å². The number of halogens is 1. The summed E-state index contributed by atoms with van der Waals surface area (Å²) in [6.45, 7) is 3.54. The second kappa shape index (κ2) is 9.48. The summed E-state index contributed by atoms with van der Waals surface area (Å²) in [5.74, 6) is -0.344. The monoisotopic (exact) mass is 457 g/mol. The molecule has 11 heteroatoms. The van der Waals surface area contributed by atoms with Crippen LogP contribution in [0.4, 0.5) is 5.69 Å². The number of carbonyl (C=O) groups is 1. The highest BCUT2D eigenvalue weighted by atomic mass is 35.5. The summed E-state index contributed by atoms with van der Waals surface area (Å²) in [6.07, 6.45) is 0. The number of methoxy groups -OCH3 is 1. The first kappa shape index (κ1) is 22.8. The number of oxime groups is 1. The van der Waals surface area contributed by atoms with Crippen molar-refractivity contribution >= 4 is 29.1 Å². The average molecular weight is 458 g/mol. The summed E-state index contributed by atoms with van der Waals surface area (Å²) in [7, 11) is 1.47. The van der Waals surface area contributed by atoms with Crippen LogP contribution in [0.2, 0.25) is 5.02 Å². The number of ether oxygens (including phenoxy) is 1. The molecule has 0 fully saturated rings. The first-order valence-corrected chi connectivity index (χ1v) is 9.75. The van der Waals surface area contributed by atoms with Gasteiger partial charge in [-0.3, -0.25) is 14.8 Å². The van der Waals surface area contributed by atoms with Gasteiger partial charge in [-0.1, -0.05) is 28.9 Å². The van der Waals surface area contributed by atoms with E-state index in [9.17, 15) is 14.9 Å². The van der Waals surface area contributed by atoms with Gasteiger partial charge < -0.3 is 15.3 Å². The lowest BCUT2D eigenvalue weighted by atomic mass is 10.1. The van der Waals surface area contributed by atoms with E-state index in [0.29, 0.717) is 34.3 Å². The van der Waals surface area contributed by atoms with Crippen molar-refractivity contribution in [2.24, 2.45) is 10.9 Å². The summed E-state index contributed by atoms with van der Waals surface area (Å²) < 4.78 is 6.75. The second-order valence-electron chi connectivity index (χ2n) is 6.83. The van der Waals surface area contributed by atoms with Gasteiger partial charge in [0.2, 0.25) is 0 Å². The minimum atomic E-state index is -0.706. The molecule has 0 aliphatic heterocycles. The Balaban J connectivity index is 1.71. The van der Waals surface area contributed by atoms with Crippen LogP contribution in [-0.4, -0.2) is 33.6 Å². The third kappa shape index (κ3) is 4.86. The molecular formula is C21H20ClN5O5. The Bertz CT molecular complexity index is 1200. The lowest BCUT2D eigenvalue weighted by Crippen LogP contribution is -2.16. The van der Waals surface area contributed by atoms with Crippen LogP contribution >= 0.6 is 11.6 Å². The first-order chi connectivity index (χ1) is 15.2. The van der Waals surface area contributed by atoms with Gasteiger partial charge in [0.1, 0.15) is 17.1 Å². The van der Waals surface area contributed by atoms with E-state index < -0.39 is 10.9 Å². The molecule has 2 N–H and O–H groups in total. The molecule has 0 amide bonds. The molecule has 166 valence electrons. The fourth-order valence-electron chi connectivity index (χ4n) is 3.10. The zero-order valence-electron chi connectivity index (χ0n) is 17.5. The lowest BCUT2D eigenvalue weighted by Gasteiger charge is -2.08. The number of nitrogens with two attached hydrogens (primary N) is 1. The Morgan fingerprint density at radius 2 is 1.94 bits per heavy atom. The number of carbonyl (C=O) groups excluding carboxylic acids is 1. The highest BCUT2D eigenvalue weighted by molar-refractivity contribution is 6.31. The summed E-state index contributed by atoms with van der Waals surface area (Å²) in [5.41, 5.74) is 8.15. The summed E-state index contributed by atoms with van der Waals surface area (Å²) in [4.78, 5) is 28.0. The molecule has 0 spiro atoms. The van der Waals surface area contributed by atoms with Gasteiger partial charge in [0.25, 0.3) is 0 Å². The Morgan fingerprint density at radius 1 is 1.25 bits per heavy atom. The third-order valence-electron chi connectivity index (χ3n) is 4.71. The van der Waals surface area contributed by atoms with Gasteiger partial charge in [-0.15, -0.1) is 0 Å². The van der Waals surface area contributed by atoms with Gasteiger partial charge in [0, 0.05) is 5.02 Å². The normalized spacial score (nSPS) is 11.3. The van der Waals surface area contributed by atoms with Crippen LogP contribution in [0.3, 0.4) is 0 Å². The van der Waals surface area contributed by atoms with Crippen molar-refractivity contribution in [2.45, 2.75) is 20.4 Å². The number of benzene rings is 2. The largest absolute Gasteiger partial charge is 0.496 e. The van der Waals surface area contributed by atoms with Crippen LogP contribution in [0.5, 0.6) is 5.75 Å². The fourth-order valence-corrected chi connectivity index (χ4v) is 3.27. The summed E-state index contributed by atoms with van der Waals surface area (Å²) in [5, 5.41) is 19.5. The predicted molar refractivity (Wildman–Crippen MR) is 118 cm³/mol. The molecule has 0 bridgehead atoms. The molecule has 0 aliphatic rings. The van der Waals surface area contributed by atoms with Crippen molar-refractivity contribution in [1.82, 2.24) is 9.78 Å². The van der Waals surface area contributed by atoms with Crippen LogP contribution < -0.4 is 10.5 Å². The molecule has 10 nitrogen and oxygen atoms in total. The molecule has 32 heavy (non-hydrogen) atoms. The lowest BCUT2D eigenvalue weighted by molar-refractivity contribution is -0.386. The van der Waals surface area contributed by atoms with E-state index in [1.807, 2.05) is 0 Å². The van der Waals surface area contributed by atoms with Crippen LogP contribution in [0.25, 0.3) is 0 Å². The topological polar surface area (TPSA) is 135 Å². The van der Waals surface area contributed by atoms with Crippen LogP contribution in [0.15, 0.2) is 47.6 Å². The number of nitrogens with zero attached hydrogens (tertiary/aromatic N) is 4. The summed E-state index contributed by atoms with van der Waals surface area (Å²) in [6, 6.07) is 11.3. The zero-order valence-corrected chi connectivity index (χ0v) is 18.3. The molecule has 2 aromatic carbocycles. The minimum absolute atomic E-state index is 0.00279. The third-order valence-corrected chi connectivity index (χ3v) is 4.95. The Hall–Kier alpha value is -3.92. The molecule has 0 unspecified atom stereocenters.